The second-order valence-corrected chi connectivity index (χ2v) is 3.53. The van der Waals surface area contributed by atoms with E-state index in [-0.39, 0.29) is 5.75 Å². The highest BCUT2D eigenvalue weighted by molar-refractivity contribution is 5.72. The van der Waals surface area contributed by atoms with Crippen LogP contribution in [-0.4, -0.2) is 25.0 Å². The normalized spacial score (nSPS) is 10.9. The minimum atomic E-state index is 0.0521. The Bertz CT molecular complexity index is 693. The maximum Gasteiger partial charge on any atom is 0.248 e. The van der Waals surface area contributed by atoms with Crippen molar-refractivity contribution in [3.05, 3.63) is 30.4 Å². The molecule has 17 heavy (non-hydrogen) atoms. The highest BCUT2D eigenvalue weighted by atomic mass is 16.4. The molecule has 0 aliphatic rings. The van der Waals surface area contributed by atoms with Crippen LogP contribution in [0.25, 0.3) is 22.8 Å². The molecule has 1 N–H and O–H groups in total. The Kier molecular flexibility index (Phi) is 2.01. The Balaban J connectivity index is 2.18. The van der Waals surface area contributed by atoms with Crippen molar-refractivity contribution in [2.24, 2.45) is 0 Å². The second kappa shape index (κ2) is 3.51. The number of aryl methyl sites for hydroxylation is 1. The predicted molar refractivity (Wildman–Crippen MR) is 59.2 cm³/mol. The van der Waals surface area contributed by atoms with Crippen LogP contribution < -0.4 is 0 Å². The third kappa shape index (κ3) is 1.69. The number of aromatic nitrogens is 4. The Morgan fingerprint density at radius 1 is 1.24 bits per heavy atom. The molecule has 0 aliphatic heterocycles. The largest absolute Gasteiger partial charge is 0.506 e. The van der Waals surface area contributed by atoms with Crippen molar-refractivity contribution in [3.63, 3.8) is 0 Å². The monoisotopic (exact) mass is 228 g/mol. The van der Waals surface area contributed by atoms with Gasteiger partial charge in [-0.05, 0) is 13.0 Å². The lowest BCUT2D eigenvalue weighted by molar-refractivity contribution is 0.473. The van der Waals surface area contributed by atoms with Gasteiger partial charge in [-0.15, -0.1) is 0 Å². The zero-order valence-corrected chi connectivity index (χ0v) is 8.95. The molecule has 0 saturated heterocycles. The molecule has 0 aliphatic carbocycles. The number of pyridine rings is 1. The van der Waals surface area contributed by atoms with Gasteiger partial charge in [0, 0.05) is 12.3 Å². The van der Waals surface area contributed by atoms with Gasteiger partial charge >= 0.3 is 0 Å². The summed E-state index contributed by atoms with van der Waals surface area (Å²) in [5.74, 6) is 1.06. The minimum Gasteiger partial charge on any atom is -0.506 e. The van der Waals surface area contributed by atoms with Crippen LogP contribution in [0.15, 0.2) is 28.9 Å². The Morgan fingerprint density at radius 2 is 2.12 bits per heavy atom. The van der Waals surface area contributed by atoms with E-state index < -0.39 is 0 Å². The number of nitrogens with zero attached hydrogens (tertiary/aromatic N) is 4. The predicted octanol–water partition coefficient (Wildman–Crippen LogP) is 1.69. The van der Waals surface area contributed by atoms with E-state index >= 15 is 0 Å². The molecule has 3 aromatic rings. The molecule has 6 heteroatoms. The highest BCUT2D eigenvalue weighted by Crippen LogP contribution is 2.23. The average Bonchev–Trinajstić information content (AvgIpc) is 2.72. The van der Waals surface area contributed by atoms with E-state index in [4.69, 9.17) is 4.42 Å². The summed E-state index contributed by atoms with van der Waals surface area (Å²) in [5.41, 5.74) is 1.46. The lowest BCUT2D eigenvalue weighted by Gasteiger charge is -1.94. The Labute approximate surface area is 96.0 Å². The molecule has 3 aromatic heterocycles. The molecule has 0 aromatic carbocycles. The van der Waals surface area contributed by atoms with E-state index in [0.717, 1.165) is 0 Å². The van der Waals surface area contributed by atoms with Crippen LogP contribution in [0.3, 0.4) is 0 Å². The number of hydrogen-bond donors (Lipinski definition) is 1. The summed E-state index contributed by atoms with van der Waals surface area (Å²) >= 11 is 0. The molecule has 0 fully saturated rings. The van der Waals surface area contributed by atoms with Gasteiger partial charge in [-0.2, -0.15) is 0 Å². The fourth-order valence-corrected chi connectivity index (χ4v) is 1.50. The van der Waals surface area contributed by atoms with Crippen molar-refractivity contribution >= 4 is 11.2 Å². The maximum atomic E-state index is 9.28. The number of rotatable bonds is 1. The van der Waals surface area contributed by atoms with Crippen molar-refractivity contribution in [3.8, 4) is 17.3 Å². The molecule has 0 atom stereocenters. The topological polar surface area (TPSA) is 84.9 Å². The molecular weight excluding hydrogens is 220 g/mol. The summed E-state index contributed by atoms with van der Waals surface area (Å²) in [5, 5.41) is 9.28. The molecule has 0 spiro atoms. The van der Waals surface area contributed by atoms with Crippen molar-refractivity contribution < 1.29 is 9.52 Å². The van der Waals surface area contributed by atoms with Crippen molar-refractivity contribution in [2.45, 2.75) is 6.92 Å². The minimum absolute atomic E-state index is 0.0521. The van der Waals surface area contributed by atoms with E-state index in [0.29, 0.717) is 28.6 Å². The fraction of sp³-hybridized carbons (Fsp3) is 0.0909. The Morgan fingerprint density at radius 3 is 2.94 bits per heavy atom. The molecule has 0 bridgehead atoms. The number of aromatic hydroxyl groups is 1. The molecular formula is C11H8N4O2. The first-order chi connectivity index (χ1) is 8.22. The first kappa shape index (κ1) is 9.71. The summed E-state index contributed by atoms with van der Waals surface area (Å²) in [6, 6.07) is 3.20. The van der Waals surface area contributed by atoms with Crippen molar-refractivity contribution in [1.29, 1.82) is 0 Å². The third-order valence-electron chi connectivity index (χ3n) is 2.23. The SMILES string of the molecule is Cc1nccc(-c2nc3cc(O)cnc3o2)n1. The molecule has 0 amide bonds. The number of fused-ring (bicyclic) bond motifs is 1. The smallest absolute Gasteiger partial charge is 0.248 e. The van der Waals surface area contributed by atoms with Gasteiger partial charge in [0.1, 0.15) is 22.8 Å². The van der Waals surface area contributed by atoms with Crippen LogP contribution >= 0.6 is 0 Å². The average molecular weight is 228 g/mol. The summed E-state index contributed by atoms with van der Waals surface area (Å²) in [6.45, 7) is 1.79. The molecule has 3 heterocycles. The zero-order chi connectivity index (χ0) is 11.8. The van der Waals surface area contributed by atoms with Gasteiger partial charge in [0.15, 0.2) is 0 Å². The van der Waals surface area contributed by atoms with Gasteiger partial charge in [0.2, 0.25) is 11.6 Å². The van der Waals surface area contributed by atoms with Gasteiger partial charge in [-0.25, -0.2) is 19.9 Å². The van der Waals surface area contributed by atoms with Crippen LogP contribution in [0.5, 0.6) is 5.75 Å². The summed E-state index contributed by atoms with van der Waals surface area (Å²) in [7, 11) is 0. The van der Waals surface area contributed by atoms with E-state index in [1.54, 1.807) is 19.2 Å². The van der Waals surface area contributed by atoms with Crippen LogP contribution in [0, 0.1) is 6.92 Å². The van der Waals surface area contributed by atoms with Crippen LogP contribution in [-0.2, 0) is 0 Å². The van der Waals surface area contributed by atoms with Gasteiger partial charge < -0.3 is 9.52 Å². The summed E-state index contributed by atoms with van der Waals surface area (Å²) in [4.78, 5) is 16.3. The number of hydrogen-bond acceptors (Lipinski definition) is 6. The Hall–Kier alpha value is -2.50. The summed E-state index contributed by atoms with van der Waals surface area (Å²) < 4.78 is 5.44. The van der Waals surface area contributed by atoms with Crippen LogP contribution in [0.1, 0.15) is 5.82 Å². The van der Waals surface area contributed by atoms with Crippen LogP contribution in [0.4, 0.5) is 0 Å². The first-order valence-electron chi connectivity index (χ1n) is 4.98. The molecule has 84 valence electrons. The first-order valence-corrected chi connectivity index (χ1v) is 4.98. The number of oxazole rings is 1. The zero-order valence-electron chi connectivity index (χ0n) is 8.95. The lowest BCUT2D eigenvalue weighted by Crippen LogP contribution is -1.89. The molecule has 0 radical (unpaired) electrons. The standard InChI is InChI=1S/C11H8N4O2/c1-6-12-3-2-8(14-6)11-15-9-4-7(16)5-13-10(9)17-11/h2-5,16H,1H3. The van der Waals surface area contributed by atoms with Crippen molar-refractivity contribution in [2.75, 3.05) is 0 Å². The van der Waals surface area contributed by atoms with Gasteiger partial charge in [0.05, 0.1) is 6.20 Å². The third-order valence-corrected chi connectivity index (χ3v) is 2.23. The maximum absolute atomic E-state index is 9.28. The summed E-state index contributed by atoms with van der Waals surface area (Å²) in [6.07, 6.45) is 2.94. The van der Waals surface area contributed by atoms with Crippen molar-refractivity contribution in [1.82, 2.24) is 19.9 Å². The van der Waals surface area contributed by atoms with E-state index in [9.17, 15) is 5.11 Å². The molecule has 0 unspecified atom stereocenters. The molecule has 0 saturated carbocycles. The van der Waals surface area contributed by atoms with E-state index in [1.165, 1.54) is 12.3 Å². The van der Waals surface area contributed by atoms with E-state index in [1.807, 2.05) is 0 Å². The molecule has 6 nitrogen and oxygen atoms in total. The quantitative estimate of drug-likeness (QED) is 0.682. The van der Waals surface area contributed by atoms with Gasteiger partial charge in [-0.1, -0.05) is 0 Å². The van der Waals surface area contributed by atoms with Gasteiger partial charge in [0.25, 0.3) is 0 Å². The van der Waals surface area contributed by atoms with Crippen LogP contribution in [0.2, 0.25) is 0 Å². The van der Waals surface area contributed by atoms with E-state index in [2.05, 4.69) is 19.9 Å². The second-order valence-electron chi connectivity index (χ2n) is 3.53. The fourth-order valence-electron chi connectivity index (χ4n) is 1.50. The van der Waals surface area contributed by atoms with Gasteiger partial charge in [-0.3, -0.25) is 0 Å². The molecule has 3 rings (SSSR count). The highest BCUT2D eigenvalue weighted by Gasteiger charge is 2.11. The lowest BCUT2D eigenvalue weighted by atomic mass is 10.4.